The number of amides is 1. The van der Waals surface area contributed by atoms with Gasteiger partial charge in [0.05, 0.1) is 18.7 Å². The van der Waals surface area contributed by atoms with Crippen LogP contribution in [-0.4, -0.2) is 29.0 Å². The van der Waals surface area contributed by atoms with Gasteiger partial charge in [-0.05, 0) is 66.2 Å². The van der Waals surface area contributed by atoms with Crippen LogP contribution in [-0.2, 0) is 9.59 Å². The molecule has 0 aromatic heterocycles. The van der Waals surface area contributed by atoms with Gasteiger partial charge in [-0.3, -0.25) is 14.5 Å². The first-order valence-electron chi connectivity index (χ1n) is 9.51. The van der Waals surface area contributed by atoms with Crippen molar-refractivity contribution in [2.75, 3.05) is 12.0 Å². The molecule has 162 valence electrons. The number of nitrogens with zero attached hydrogens (tertiary/aromatic N) is 1. The summed E-state index contributed by atoms with van der Waals surface area (Å²) < 4.78 is 5.10. The summed E-state index contributed by atoms with van der Waals surface area (Å²) in [4.78, 5) is 27.4. The molecule has 32 heavy (non-hydrogen) atoms. The van der Waals surface area contributed by atoms with Crippen LogP contribution in [0.5, 0.6) is 11.5 Å². The largest absolute Gasteiger partial charge is 0.507 e. The molecule has 1 aliphatic heterocycles. The number of aliphatic hydroxyl groups is 1. The van der Waals surface area contributed by atoms with Gasteiger partial charge in [0, 0.05) is 21.3 Å². The number of aliphatic hydroxyl groups excluding tert-OH is 1. The number of Topliss-reactive ketones (excluding diaryl/α,β-unsaturated/α-hetero) is 1. The van der Waals surface area contributed by atoms with Crippen LogP contribution in [0.4, 0.5) is 5.69 Å². The number of carbonyl (C=O) groups excluding carboxylic acids is 2. The van der Waals surface area contributed by atoms with Crippen LogP contribution in [0.2, 0.25) is 10.0 Å². The van der Waals surface area contributed by atoms with Crippen LogP contribution in [0.1, 0.15) is 17.2 Å². The van der Waals surface area contributed by atoms with Crippen LogP contribution in [0.15, 0.2) is 72.3 Å². The summed E-state index contributed by atoms with van der Waals surface area (Å²) in [5, 5.41) is 22.3. The molecular formula is C24H17Cl2NO5. The molecular weight excluding hydrogens is 453 g/mol. The standard InChI is InChI=1S/C24H17Cl2NO5/c1-32-19-11-4-14(12-18(19)28)21-20(22(29)13-2-5-15(25)6-3-13)23(30)24(31)27(21)17-9-7-16(26)8-10-17/h2-12,21,28-29H,1H3/b22-20-. The Kier molecular flexibility index (Phi) is 5.82. The Morgan fingerprint density at radius 1 is 0.938 bits per heavy atom. The first kappa shape index (κ1) is 21.7. The molecule has 1 amide bonds. The number of halogens is 2. The molecule has 0 aliphatic carbocycles. The number of hydrogen-bond acceptors (Lipinski definition) is 5. The average molecular weight is 470 g/mol. The minimum absolute atomic E-state index is 0.114. The second-order valence-corrected chi connectivity index (χ2v) is 7.96. The van der Waals surface area contributed by atoms with Crippen molar-refractivity contribution >= 4 is 46.3 Å². The molecule has 1 heterocycles. The number of methoxy groups -OCH3 is 1. The minimum Gasteiger partial charge on any atom is -0.507 e. The smallest absolute Gasteiger partial charge is 0.300 e. The van der Waals surface area contributed by atoms with Gasteiger partial charge >= 0.3 is 0 Å². The molecule has 1 unspecified atom stereocenters. The molecule has 1 fully saturated rings. The molecule has 1 saturated heterocycles. The lowest BCUT2D eigenvalue weighted by atomic mass is 9.95. The number of benzene rings is 3. The predicted molar refractivity (Wildman–Crippen MR) is 122 cm³/mol. The summed E-state index contributed by atoms with van der Waals surface area (Å²) in [7, 11) is 1.41. The van der Waals surface area contributed by atoms with E-state index in [9.17, 15) is 19.8 Å². The fourth-order valence-corrected chi connectivity index (χ4v) is 3.91. The van der Waals surface area contributed by atoms with Crippen molar-refractivity contribution in [2.24, 2.45) is 0 Å². The predicted octanol–water partition coefficient (Wildman–Crippen LogP) is 5.33. The molecule has 0 saturated carbocycles. The normalized spacial score (nSPS) is 17.6. The topological polar surface area (TPSA) is 87.1 Å². The highest BCUT2D eigenvalue weighted by molar-refractivity contribution is 6.51. The Labute approximate surface area is 193 Å². The summed E-state index contributed by atoms with van der Waals surface area (Å²) in [6.07, 6.45) is 0. The van der Waals surface area contributed by atoms with Crippen molar-refractivity contribution < 1.29 is 24.5 Å². The van der Waals surface area contributed by atoms with E-state index in [1.54, 1.807) is 54.6 Å². The number of phenols is 1. The summed E-state index contributed by atoms with van der Waals surface area (Å²) in [6.45, 7) is 0. The summed E-state index contributed by atoms with van der Waals surface area (Å²) in [5.74, 6) is -1.96. The van der Waals surface area contributed by atoms with E-state index in [0.29, 0.717) is 26.9 Å². The summed E-state index contributed by atoms with van der Waals surface area (Å²) >= 11 is 11.9. The first-order chi connectivity index (χ1) is 15.3. The van der Waals surface area contributed by atoms with Crippen LogP contribution in [0, 0.1) is 0 Å². The molecule has 0 spiro atoms. The van der Waals surface area contributed by atoms with Gasteiger partial charge in [0.25, 0.3) is 11.7 Å². The number of hydrogen-bond donors (Lipinski definition) is 2. The number of phenolic OH excluding ortho intramolecular Hbond substituents is 1. The minimum atomic E-state index is -0.997. The van der Waals surface area contributed by atoms with Crippen molar-refractivity contribution in [3.8, 4) is 11.5 Å². The van der Waals surface area contributed by atoms with Gasteiger partial charge in [-0.15, -0.1) is 0 Å². The Bertz CT molecular complexity index is 1240. The molecule has 3 aromatic rings. The number of rotatable bonds is 4. The highest BCUT2D eigenvalue weighted by Gasteiger charge is 2.47. The van der Waals surface area contributed by atoms with Crippen molar-refractivity contribution in [1.29, 1.82) is 0 Å². The number of carbonyl (C=O) groups is 2. The quantitative estimate of drug-likeness (QED) is 0.306. The zero-order chi connectivity index (χ0) is 23.0. The summed E-state index contributed by atoms with van der Waals surface area (Å²) in [5.41, 5.74) is 1.03. The third-order valence-corrected chi connectivity index (χ3v) is 5.69. The third kappa shape index (κ3) is 3.79. The third-order valence-electron chi connectivity index (χ3n) is 5.19. The van der Waals surface area contributed by atoms with Gasteiger partial charge in [-0.1, -0.05) is 29.3 Å². The van der Waals surface area contributed by atoms with Gasteiger partial charge in [0.1, 0.15) is 5.76 Å². The van der Waals surface area contributed by atoms with E-state index in [0.717, 1.165) is 0 Å². The van der Waals surface area contributed by atoms with Crippen LogP contribution in [0.25, 0.3) is 5.76 Å². The van der Waals surface area contributed by atoms with Gasteiger partial charge in [-0.25, -0.2) is 0 Å². The Morgan fingerprint density at radius 2 is 1.53 bits per heavy atom. The number of ether oxygens (including phenoxy) is 1. The lowest BCUT2D eigenvalue weighted by molar-refractivity contribution is -0.132. The van der Waals surface area contributed by atoms with E-state index in [2.05, 4.69) is 0 Å². The SMILES string of the molecule is COc1ccc(C2/C(=C(/O)c3ccc(Cl)cc3)C(=O)C(=O)N2c2ccc(Cl)cc2)cc1O. The molecule has 1 aliphatic rings. The molecule has 2 N–H and O–H groups in total. The molecule has 0 radical (unpaired) electrons. The lowest BCUT2D eigenvalue weighted by Crippen LogP contribution is -2.29. The molecule has 8 heteroatoms. The maximum absolute atomic E-state index is 13.1. The zero-order valence-corrected chi connectivity index (χ0v) is 18.3. The van der Waals surface area contributed by atoms with Crippen molar-refractivity contribution in [1.82, 2.24) is 0 Å². The van der Waals surface area contributed by atoms with Crippen LogP contribution < -0.4 is 9.64 Å². The molecule has 1 atom stereocenters. The number of ketones is 1. The number of anilines is 1. The second kappa shape index (κ2) is 8.57. The van der Waals surface area contributed by atoms with Crippen LogP contribution in [0.3, 0.4) is 0 Å². The fraction of sp³-hybridized carbons (Fsp3) is 0.0833. The van der Waals surface area contributed by atoms with Crippen LogP contribution >= 0.6 is 23.2 Å². The fourth-order valence-electron chi connectivity index (χ4n) is 3.66. The number of aromatic hydroxyl groups is 1. The van der Waals surface area contributed by atoms with Gasteiger partial charge in [0.15, 0.2) is 11.5 Å². The maximum Gasteiger partial charge on any atom is 0.300 e. The maximum atomic E-state index is 13.1. The monoisotopic (exact) mass is 469 g/mol. The van der Waals surface area contributed by atoms with E-state index in [4.69, 9.17) is 27.9 Å². The molecule has 4 rings (SSSR count). The molecule has 0 bridgehead atoms. The average Bonchev–Trinajstić information content (AvgIpc) is 3.05. The van der Waals surface area contributed by atoms with E-state index >= 15 is 0 Å². The highest BCUT2D eigenvalue weighted by Crippen LogP contribution is 2.44. The Hall–Kier alpha value is -3.48. The van der Waals surface area contributed by atoms with E-state index in [-0.39, 0.29) is 22.8 Å². The second-order valence-electron chi connectivity index (χ2n) is 7.08. The van der Waals surface area contributed by atoms with Gasteiger partial charge in [-0.2, -0.15) is 0 Å². The Balaban J connectivity index is 1.95. The van der Waals surface area contributed by atoms with E-state index in [1.165, 1.54) is 24.1 Å². The van der Waals surface area contributed by atoms with Crippen molar-refractivity contribution in [3.63, 3.8) is 0 Å². The van der Waals surface area contributed by atoms with E-state index < -0.39 is 17.7 Å². The van der Waals surface area contributed by atoms with Gasteiger partial charge < -0.3 is 14.9 Å². The first-order valence-corrected chi connectivity index (χ1v) is 10.3. The van der Waals surface area contributed by atoms with E-state index in [1.807, 2.05) is 0 Å². The highest BCUT2D eigenvalue weighted by atomic mass is 35.5. The van der Waals surface area contributed by atoms with Gasteiger partial charge in [0.2, 0.25) is 0 Å². The van der Waals surface area contributed by atoms with Crippen molar-refractivity contribution in [2.45, 2.75) is 6.04 Å². The Morgan fingerprint density at radius 3 is 2.09 bits per heavy atom. The lowest BCUT2D eigenvalue weighted by Gasteiger charge is -2.25. The zero-order valence-electron chi connectivity index (χ0n) is 16.8. The van der Waals surface area contributed by atoms with Crippen molar-refractivity contribution in [3.05, 3.63) is 93.5 Å². The molecule has 6 nitrogen and oxygen atoms in total. The molecule has 3 aromatic carbocycles. The summed E-state index contributed by atoms with van der Waals surface area (Å²) in [6, 6.07) is 16.2.